The molecular formula is C13H15ClN2O5. The van der Waals surface area contributed by atoms with Crippen LogP contribution in [0.2, 0.25) is 5.02 Å². The predicted molar refractivity (Wildman–Crippen MR) is 76.5 cm³/mol. The van der Waals surface area contributed by atoms with Crippen LogP contribution in [0.4, 0.5) is 5.69 Å². The fourth-order valence-electron chi connectivity index (χ4n) is 1.90. The molecule has 1 unspecified atom stereocenters. The standard InChI is InChI=1S/C13H15ClN2O5/c1-2-3-9(7-12(17)18)15-13(19)10-5-4-8(14)6-11(10)16(20)21/h4-6,9H,2-3,7H2,1H3,(H,15,19)(H,17,18). The molecule has 0 saturated carbocycles. The van der Waals surface area contributed by atoms with E-state index in [0.29, 0.717) is 12.8 Å². The van der Waals surface area contributed by atoms with Crippen LogP contribution in [-0.2, 0) is 4.79 Å². The number of halogens is 1. The fourth-order valence-corrected chi connectivity index (χ4v) is 2.06. The maximum Gasteiger partial charge on any atom is 0.305 e. The van der Waals surface area contributed by atoms with E-state index < -0.39 is 28.5 Å². The summed E-state index contributed by atoms with van der Waals surface area (Å²) in [7, 11) is 0. The summed E-state index contributed by atoms with van der Waals surface area (Å²) < 4.78 is 0. The Morgan fingerprint density at radius 1 is 1.48 bits per heavy atom. The summed E-state index contributed by atoms with van der Waals surface area (Å²) in [6.07, 6.45) is 0.918. The predicted octanol–water partition coefficient (Wildman–Crippen LogP) is 2.62. The number of nitrogens with zero attached hydrogens (tertiary/aromatic N) is 1. The van der Waals surface area contributed by atoms with Crippen LogP contribution in [0.1, 0.15) is 36.5 Å². The number of nitrogens with one attached hydrogen (secondary N) is 1. The number of rotatable bonds is 7. The molecule has 1 aromatic carbocycles. The van der Waals surface area contributed by atoms with E-state index in [1.807, 2.05) is 6.92 Å². The van der Waals surface area contributed by atoms with E-state index in [-0.39, 0.29) is 17.0 Å². The van der Waals surface area contributed by atoms with E-state index in [4.69, 9.17) is 16.7 Å². The molecule has 0 saturated heterocycles. The summed E-state index contributed by atoms with van der Waals surface area (Å²) in [5.41, 5.74) is -0.554. The monoisotopic (exact) mass is 314 g/mol. The lowest BCUT2D eigenvalue weighted by atomic mass is 10.1. The maximum atomic E-state index is 12.1. The molecule has 8 heteroatoms. The number of nitro groups is 1. The first-order chi connectivity index (χ1) is 9.85. The minimum absolute atomic E-state index is 0.143. The SMILES string of the molecule is CCCC(CC(=O)O)NC(=O)c1ccc(Cl)cc1[N+](=O)[O-]. The second kappa shape index (κ2) is 7.58. The molecule has 7 nitrogen and oxygen atoms in total. The highest BCUT2D eigenvalue weighted by atomic mass is 35.5. The lowest BCUT2D eigenvalue weighted by molar-refractivity contribution is -0.385. The topological polar surface area (TPSA) is 110 Å². The van der Waals surface area contributed by atoms with E-state index in [2.05, 4.69) is 5.32 Å². The van der Waals surface area contributed by atoms with Crippen molar-refractivity contribution in [2.24, 2.45) is 0 Å². The van der Waals surface area contributed by atoms with Crippen molar-refractivity contribution in [3.05, 3.63) is 38.9 Å². The van der Waals surface area contributed by atoms with E-state index in [1.165, 1.54) is 12.1 Å². The lowest BCUT2D eigenvalue weighted by Gasteiger charge is -2.16. The van der Waals surface area contributed by atoms with Crippen molar-refractivity contribution in [2.75, 3.05) is 0 Å². The average molecular weight is 315 g/mol. The Bertz CT molecular complexity index is 561. The maximum absolute atomic E-state index is 12.1. The minimum Gasteiger partial charge on any atom is -0.481 e. The molecule has 0 bridgehead atoms. The van der Waals surface area contributed by atoms with Crippen molar-refractivity contribution in [1.29, 1.82) is 0 Å². The van der Waals surface area contributed by atoms with Crippen LogP contribution in [0.15, 0.2) is 18.2 Å². The van der Waals surface area contributed by atoms with Crippen LogP contribution in [0.25, 0.3) is 0 Å². The van der Waals surface area contributed by atoms with Crippen LogP contribution in [0.3, 0.4) is 0 Å². The van der Waals surface area contributed by atoms with Gasteiger partial charge in [0.1, 0.15) is 5.56 Å². The number of carbonyl (C=O) groups is 2. The average Bonchev–Trinajstić information content (AvgIpc) is 2.37. The Kier molecular flexibility index (Phi) is 6.10. The highest BCUT2D eigenvalue weighted by Crippen LogP contribution is 2.23. The largest absolute Gasteiger partial charge is 0.481 e. The molecule has 114 valence electrons. The first-order valence-corrected chi connectivity index (χ1v) is 6.69. The number of carboxylic acid groups (broad SMARTS) is 1. The molecule has 0 fully saturated rings. The second-order valence-corrected chi connectivity index (χ2v) is 4.91. The van der Waals surface area contributed by atoms with E-state index in [1.54, 1.807) is 0 Å². The van der Waals surface area contributed by atoms with Gasteiger partial charge in [-0.2, -0.15) is 0 Å². The summed E-state index contributed by atoms with van der Waals surface area (Å²) in [5, 5.41) is 22.4. The molecule has 21 heavy (non-hydrogen) atoms. The molecule has 0 aliphatic heterocycles. The first kappa shape index (κ1) is 16.9. The zero-order valence-corrected chi connectivity index (χ0v) is 12.1. The summed E-state index contributed by atoms with van der Waals surface area (Å²) in [5.74, 6) is -1.72. The summed E-state index contributed by atoms with van der Waals surface area (Å²) in [6.45, 7) is 1.85. The Hall–Kier alpha value is -2.15. The van der Waals surface area contributed by atoms with E-state index in [9.17, 15) is 19.7 Å². The number of benzene rings is 1. The smallest absolute Gasteiger partial charge is 0.305 e. The van der Waals surface area contributed by atoms with Crippen molar-refractivity contribution in [3.8, 4) is 0 Å². The van der Waals surface area contributed by atoms with Gasteiger partial charge in [-0.25, -0.2) is 0 Å². The molecule has 0 heterocycles. The van der Waals surface area contributed by atoms with Crippen LogP contribution in [0.5, 0.6) is 0 Å². The summed E-state index contributed by atoms with van der Waals surface area (Å²) in [4.78, 5) is 33.1. The third-order valence-corrected chi connectivity index (χ3v) is 3.03. The fraction of sp³-hybridized carbons (Fsp3) is 0.385. The zero-order valence-electron chi connectivity index (χ0n) is 11.3. The van der Waals surface area contributed by atoms with Gasteiger partial charge < -0.3 is 10.4 Å². The molecule has 0 aromatic heterocycles. The van der Waals surface area contributed by atoms with Gasteiger partial charge in [-0.05, 0) is 18.6 Å². The molecule has 1 amide bonds. The molecule has 0 spiro atoms. The summed E-state index contributed by atoms with van der Waals surface area (Å²) >= 11 is 5.68. The van der Waals surface area contributed by atoms with Gasteiger partial charge in [-0.3, -0.25) is 19.7 Å². The molecule has 0 aliphatic rings. The van der Waals surface area contributed by atoms with Crippen LogP contribution in [-0.4, -0.2) is 27.9 Å². The van der Waals surface area contributed by atoms with E-state index in [0.717, 1.165) is 6.07 Å². The Labute approximate surface area is 126 Å². The number of hydrogen-bond donors (Lipinski definition) is 2. The van der Waals surface area contributed by atoms with Gasteiger partial charge in [0.15, 0.2) is 0 Å². The zero-order chi connectivity index (χ0) is 16.0. The third kappa shape index (κ3) is 5.03. The van der Waals surface area contributed by atoms with Crippen LogP contribution < -0.4 is 5.32 Å². The third-order valence-electron chi connectivity index (χ3n) is 2.79. The molecular weight excluding hydrogens is 300 g/mol. The molecule has 0 aliphatic carbocycles. The number of carboxylic acids is 1. The molecule has 2 N–H and O–H groups in total. The number of nitro benzene ring substituents is 1. The van der Waals surface area contributed by atoms with Crippen molar-refractivity contribution in [2.45, 2.75) is 32.2 Å². The van der Waals surface area contributed by atoms with Gasteiger partial charge in [0, 0.05) is 17.1 Å². The molecule has 1 rings (SSSR count). The van der Waals surface area contributed by atoms with Crippen molar-refractivity contribution >= 4 is 29.2 Å². The number of aliphatic carboxylic acids is 1. The number of hydrogen-bond acceptors (Lipinski definition) is 4. The lowest BCUT2D eigenvalue weighted by Crippen LogP contribution is -2.36. The quantitative estimate of drug-likeness (QED) is 0.594. The normalized spacial score (nSPS) is 11.7. The Morgan fingerprint density at radius 2 is 2.14 bits per heavy atom. The van der Waals surface area contributed by atoms with Gasteiger partial charge in [-0.15, -0.1) is 0 Å². The summed E-state index contributed by atoms with van der Waals surface area (Å²) in [6, 6.07) is 3.13. The second-order valence-electron chi connectivity index (χ2n) is 4.48. The van der Waals surface area contributed by atoms with Gasteiger partial charge in [0.25, 0.3) is 11.6 Å². The molecule has 1 atom stereocenters. The van der Waals surface area contributed by atoms with Gasteiger partial charge >= 0.3 is 5.97 Å². The van der Waals surface area contributed by atoms with Crippen molar-refractivity contribution < 1.29 is 19.6 Å². The van der Waals surface area contributed by atoms with Crippen molar-refractivity contribution in [1.82, 2.24) is 5.32 Å². The van der Waals surface area contributed by atoms with Gasteiger partial charge in [0.2, 0.25) is 0 Å². The first-order valence-electron chi connectivity index (χ1n) is 6.31. The minimum atomic E-state index is -1.04. The highest BCUT2D eigenvalue weighted by molar-refractivity contribution is 6.31. The van der Waals surface area contributed by atoms with Gasteiger partial charge in [0.05, 0.1) is 11.3 Å². The number of carbonyl (C=O) groups excluding carboxylic acids is 1. The van der Waals surface area contributed by atoms with Crippen molar-refractivity contribution in [3.63, 3.8) is 0 Å². The Morgan fingerprint density at radius 3 is 2.67 bits per heavy atom. The number of amides is 1. The molecule has 0 radical (unpaired) electrons. The van der Waals surface area contributed by atoms with Crippen LogP contribution in [0, 0.1) is 10.1 Å². The molecule has 1 aromatic rings. The van der Waals surface area contributed by atoms with E-state index >= 15 is 0 Å². The van der Waals surface area contributed by atoms with Crippen LogP contribution >= 0.6 is 11.6 Å². The van der Waals surface area contributed by atoms with Gasteiger partial charge in [-0.1, -0.05) is 24.9 Å². The Balaban J connectivity index is 2.96. The highest BCUT2D eigenvalue weighted by Gasteiger charge is 2.23.